The van der Waals surface area contributed by atoms with Crippen LogP contribution in [0, 0.1) is 12.8 Å². The molecule has 1 saturated carbocycles. The Morgan fingerprint density at radius 1 is 1.37 bits per heavy atom. The molecule has 7 nitrogen and oxygen atoms in total. The van der Waals surface area contributed by atoms with Crippen molar-refractivity contribution < 1.29 is 19.1 Å². The lowest BCUT2D eigenvalue weighted by Crippen LogP contribution is -2.37. The fourth-order valence-corrected chi connectivity index (χ4v) is 3.70. The zero-order valence-electron chi connectivity index (χ0n) is 16.0. The second-order valence-electron chi connectivity index (χ2n) is 7.95. The van der Waals surface area contributed by atoms with Crippen LogP contribution < -0.4 is 0 Å². The predicted octanol–water partition coefficient (Wildman–Crippen LogP) is 3.21. The lowest BCUT2D eigenvalue weighted by molar-refractivity contribution is 0.0673. The highest BCUT2D eigenvalue weighted by molar-refractivity contribution is 5.96. The van der Waals surface area contributed by atoms with Gasteiger partial charge in [-0.05, 0) is 31.7 Å². The highest BCUT2D eigenvalue weighted by atomic mass is 16.4. The maximum absolute atomic E-state index is 13.0. The molecule has 4 rings (SSSR count). The lowest BCUT2D eigenvalue weighted by Gasteiger charge is -2.27. The monoisotopic (exact) mass is 371 g/mol. The Labute approximate surface area is 157 Å². The Morgan fingerprint density at radius 2 is 2.11 bits per heavy atom. The van der Waals surface area contributed by atoms with Crippen LogP contribution in [-0.2, 0) is 19.5 Å². The number of amides is 1. The van der Waals surface area contributed by atoms with Gasteiger partial charge in [-0.25, -0.2) is 4.79 Å². The van der Waals surface area contributed by atoms with E-state index < -0.39 is 5.97 Å². The summed E-state index contributed by atoms with van der Waals surface area (Å²) in [4.78, 5) is 26.4. The van der Waals surface area contributed by atoms with Crippen molar-refractivity contribution >= 4 is 11.9 Å². The van der Waals surface area contributed by atoms with Crippen LogP contribution in [0.3, 0.4) is 0 Å². The summed E-state index contributed by atoms with van der Waals surface area (Å²) >= 11 is 0. The largest absolute Gasteiger partial charge is 0.476 e. The quantitative estimate of drug-likeness (QED) is 0.872. The molecule has 1 amide bonds. The number of carbonyl (C=O) groups excluding carboxylic acids is 1. The molecule has 3 heterocycles. The molecule has 1 fully saturated rings. The van der Waals surface area contributed by atoms with Crippen molar-refractivity contribution in [3.8, 4) is 0 Å². The van der Waals surface area contributed by atoms with Crippen LogP contribution in [0.5, 0.6) is 0 Å². The summed E-state index contributed by atoms with van der Waals surface area (Å²) in [5.74, 6) is 1.07. The van der Waals surface area contributed by atoms with Gasteiger partial charge in [0, 0.05) is 36.7 Å². The number of carboxylic acids is 1. The van der Waals surface area contributed by atoms with Gasteiger partial charge in [0.05, 0.1) is 12.1 Å². The third kappa shape index (κ3) is 3.26. The maximum Gasteiger partial charge on any atom is 0.356 e. The van der Waals surface area contributed by atoms with Crippen molar-refractivity contribution in [3.05, 3.63) is 40.1 Å². The molecule has 0 radical (unpaired) electrons. The van der Waals surface area contributed by atoms with E-state index in [0.717, 1.165) is 18.0 Å². The van der Waals surface area contributed by atoms with Gasteiger partial charge in [0.1, 0.15) is 11.5 Å². The summed E-state index contributed by atoms with van der Waals surface area (Å²) in [5, 5.41) is 13.9. The van der Waals surface area contributed by atoms with Crippen molar-refractivity contribution in [2.75, 3.05) is 6.54 Å². The van der Waals surface area contributed by atoms with Gasteiger partial charge in [0.25, 0.3) is 5.91 Å². The number of fused-ring (bicyclic) bond motifs is 1. The molecule has 0 atom stereocenters. The molecule has 1 aliphatic heterocycles. The minimum atomic E-state index is -1.03. The average Bonchev–Trinajstić information content (AvgIpc) is 3.24. The molecule has 7 heteroatoms. The van der Waals surface area contributed by atoms with Gasteiger partial charge in [-0.3, -0.25) is 9.48 Å². The number of nitrogens with zero attached hydrogens (tertiary/aromatic N) is 3. The van der Waals surface area contributed by atoms with Gasteiger partial charge in [-0.15, -0.1) is 0 Å². The molecule has 0 spiro atoms. The SMILES string of the molecule is Cc1oc(C(C)C)cc1C(=O)N1CCc2c(c(C(=O)O)nn2CC2CC2)C1. The van der Waals surface area contributed by atoms with E-state index in [1.165, 1.54) is 12.8 Å². The van der Waals surface area contributed by atoms with Crippen molar-refractivity contribution in [2.24, 2.45) is 5.92 Å². The Bertz CT molecular complexity index is 905. The predicted molar refractivity (Wildman–Crippen MR) is 97.9 cm³/mol. The zero-order valence-corrected chi connectivity index (χ0v) is 16.0. The molecular weight excluding hydrogens is 346 g/mol. The number of furan rings is 1. The van der Waals surface area contributed by atoms with Gasteiger partial charge in [0.15, 0.2) is 5.69 Å². The molecule has 0 unspecified atom stereocenters. The number of aromatic nitrogens is 2. The first-order valence-electron chi connectivity index (χ1n) is 9.56. The highest BCUT2D eigenvalue weighted by Gasteiger charge is 2.33. The normalized spacial score (nSPS) is 16.7. The van der Waals surface area contributed by atoms with E-state index in [4.69, 9.17) is 4.42 Å². The Morgan fingerprint density at radius 3 is 2.70 bits per heavy atom. The molecule has 0 bridgehead atoms. The summed E-state index contributed by atoms with van der Waals surface area (Å²) in [7, 11) is 0. The van der Waals surface area contributed by atoms with Crippen molar-refractivity contribution in [2.45, 2.75) is 59.0 Å². The Balaban J connectivity index is 1.61. The Hall–Kier alpha value is -2.57. The van der Waals surface area contributed by atoms with Gasteiger partial charge < -0.3 is 14.4 Å². The van der Waals surface area contributed by atoms with E-state index >= 15 is 0 Å². The first-order valence-corrected chi connectivity index (χ1v) is 9.56. The van der Waals surface area contributed by atoms with Crippen LogP contribution in [0.25, 0.3) is 0 Å². The topological polar surface area (TPSA) is 88.6 Å². The molecule has 144 valence electrons. The lowest BCUT2D eigenvalue weighted by atomic mass is 10.0. The van der Waals surface area contributed by atoms with E-state index in [0.29, 0.717) is 35.8 Å². The minimum Gasteiger partial charge on any atom is -0.476 e. The number of carbonyl (C=O) groups is 2. The maximum atomic E-state index is 13.0. The highest BCUT2D eigenvalue weighted by Crippen LogP contribution is 2.33. The third-order valence-corrected chi connectivity index (χ3v) is 5.49. The summed E-state index contributed by atoms with van der Waals surface area (Å²) in [5.41, 5.74) is 2.28. The molecule has 2 aliphatic rings. The fraction of sp³-hybridized carbons (Fsp3) is 0.550. The standard InChI is InChI=1S/C20H25N3O4/c1-11(2)17-8-14(12(3)27-17)19(24)22-7-6-16-15(10-22)18(20(25)26)21-23(16)9-13-4-5-13/h8,11,13H,4-7,9-10H2,1-3H3,(H,25,26). The van der Waals surface area contributed by atoms with Crippen molar-refractivity contribution in [1.82, 2.24) is 14.7 Å². The Kier molecular flexibility index (Phi) is 4.32. The molecule has 0 aromatic carbocycles. The zero-order chi connectivity index (χ0) is 19.3. The van der Waals surface area contributed by atoms with Crippen LogP contribution in [0.1, 0.15) is 76.2 Å². The molecular formula is C20H25N3O4. The van der Waals surface area contributed by atoms with Crippen LogP contribution in [-0.4, -0.2) is 38.2 Å². The molecule has 27 heavy (non-hydrogen) atoms. The molecule has 1 aliphatic carbocycles. The van der Waals surface area contributed by atoms with Crippen LogP contribution >= 0.6 is 0 Å². The first kappa shape index (κ1) is 17.8. The number of carboxylic acid groups (broad SMARTS) is 1. The third-order valence-electron chi connectivity index (χ3n) is 5.49. The second-order valence-corrected chi connectivity index (χ2v) is 7.95. The number of rotatable bonds is 5. The van der Waals surface area contributed by atoms with Crippen LogP contribution in [0.15, 0.2) is 10.5 Å². The number of hydrogen-bond acceptors (Lipinski definition) is 4. The van der Waals surface area contributed by atoms with Gasteiger partial charge >= 0.3 is 5.97 Å². The van der Waals surface area contributed by atoms with E-state index in [2.05, 4.69) is 5.10 Å². The average molecular weight is 371 g/mol. The van der Waals surface area contributed by atoms with Gasteiger partial charge in [0.2, 0.25) is 0 Å². The summed E-state index contributed by atoms with van der Waals surface area (Å²) < 4.78 is 7.58. The van der Waals surface area contributed by atoms with Gasteiger partial charge in [-0.1, -0.05) is 13.8 Å². The van der Waals surface area contributed by atoms with Crippen LogP contribution in [0.4, 0.5) is 0 Å². The molecule has 1 N–H and O–H groups in total. The van der Waals surface area contributed by atoms with E-state index in [1.807, 2.05) is 24.6 Å². The van der Waals surface area contributed by atoms with Crippen molar-refractivity contribution in [3.63, 3.8) is 0 Å². The molecule has 2 aromatic heterocycles. The summed E-state index contributed by atoms with van der Waals surface area (Å²) in [6.07, 6.45) is 2.99. The van der Waals surface area contributed by atoms with E-state index in [9.17, 15) is 14.7 Å². The van der Waals surface area contributed by atoms with Crippen molar-refractivity contribution in [1.29, 1.82) is 0 Å². The first-order chi connectivity index (χ1) is 12.8. The summed E-state index contributed by atoms with van der Waals surface area (Å²) in [6.45, 7) is 7.46. The summed E-state index contributed by atoms with van der Waals surface area (Å²) in [6, 6.07) is 1.81. The molecule has 2 aromatic rings. The second kappa shape index (κ2) is 6.55. The minimum absolute atomic E-state index is 0.0786. The number of aryl methyl sites for hydroxylation is 1. The van der Waals surface area contributed by atoms with E-state index in [-0.39, 0.29) is 24.1 Å². The number of aromatic carboxylic acids is 1. The molecule has 0 saturated heterocycles. The smallest absolute Gasteiger partial charge is 0.356 e. The van der Waals surface area contributed by atoms with Gasteiger partial charge in [-0.2, -0.15) is 5.10 Å². The van der Waals surface area contributed by atoms with E-state index in [1.54, 1.807) is 11.8 Å². The fourth-order valence-electron chi connectivity index (χ4n) is 3.70. The van der Waals surface area contributed by atoms with Crippen LogP contribution in [0.2, 0.25) is 0 Å². The number of hydrogen-bond donors (Lipinski definition) is 1.